The van der Waals surface area contributed by atoms with Crippen molar-refractivity contribution in [2.75, 3.05) is 0 Å². The quantitative estimate of drug-likeness (QED) is 0.232. The van der Waals surface area contributed by atoms with Crippen molar-refractivity contribution in [1.82, 2.24) is 9.88 Å². The van der Waals surface area contributed by atoms with Crippen LogP contribution in [0.25, 0.3) is 10.9 Å². The Bertz CT molecular complexity index is 1540. The molecule has 1 amide bonds. The van der Waals surface area contributed by atoms with Crippen molar-refractivity contribution in [3.8, 4) is 5.75 Å². The van der Waals surface area contributed by atoms with Gasteiger partial charge in [0, 0.05) is 40.6 Å². The Morgan fingerprint density at radius 2 is 1.83 bits per heavy atom. The molecule has 1 heterocycles. The molecule has 2 N–H and O–H groups in total. The second-order valence-corrected chi connectivity index (χ2v) is 11.2. The molecule has 4 rings (SSSR count). The molecule has 1 atom stereocenters. The predicted octanol–water partition coefficient (Wildman–Crippen LogP) is 3.87. The van der Waals surface area contributed by atoms with Gasteiger partial charge in [-0.2, -0.15) is 12.1 Å². The average Bonchev–Trinajstić information content (AvgIpc) is 3.13. The average molecular weight is 551 g/mol. The number of halogens is 1. The van der Waals surface area contributed by atoms with Gasteiger partial charge >= 0.3 is 24.8 Å². The fourth-order valence-electron chi connectivity index (χ4n) is 4.83. The van der Waals surface area contributed by atoms with E-state index in [1.165, 1.54) is 19.9 Å². The number of carbonyl (C=O) groups excluding carboxylic acids is 1. The Hall–Kier alpha value is -3.53. The van der Waals surface area contributed by atoms with Gasteiger partial charge in [0.1, 0.15) is 5.75 Å². The first-order valence-electron chi connectivity index (χ1n) is 13.5. The molecule has 0 aliphatic carbocycles. The molecule has 8 heteroatoms. The number of benzene rings is 3. The molecule has 0 spiro atoms. The van der Waals surface area contributed by atoms with Gasteiger partial charge in [-0.15, -0.1) is 17.7 Å². The molecular weight excluding hydrogens is 514 g/mol. The Labute approximate surface area is 253 Å². The standard InChI is InChI=1S/C33H36FN2O4.Li/c1-20(2)19-36-22(4)29(17-23-8-7-9-27(16-23)40-33(5,6)32(38)39)28-15-12-25(18-30(28)36)31(37)35-21(3)24-10-13-26(34)14-11-24;/h7-13,15-16,18,20-21H,17,19H2,1-6H3,(H,35,37)(H,38,39);/q-1;+1/t21-;/m0./s1. The molecule has 0 saturated heterocycles. The summed E-state index contributed by atoms with van der Waals surface area (Å²) >= 11 is 0. The SMILES string of the molecule is Cc1c(Cc2cccc(OC(C)(C)C(=O)O)c2)c2ccc(C(=O)N[C@@H](C)c3c[c-]c(F)cc3)cc2n1CC(C)C.[Li+]. The van der Waals surface area contributed by atoms with E-state index in [0.29, 0.717) is 23.7 Å². The number of hydrogen-bond donors (Lipinski definition) is 2. The van der Waals surface area contributed by atoms with Gasteiger partial charge in [0.05, 0.1) is 0 Å². The Morgan fingerprint density at radius 3 is 2.46 bits per heavy atom. The molecule has 0 aliphatic heterocycles. The van der Waals surface area contributed by atoms with Gasteiger partial charge in [-0.05, 0) is 68.5 Å². The largest absolute Gasteiger partial charge is 1.00 e. The summed E-state index contributed by atoms with van der Waals surface area (Å²) in [6.07, 6.45) is 0.627. The molecule has 0 fully saturated rings. The van der Waals surface area contributed by atoms with E-state index in [0.717, 1.165) is 39.8 Å². The van der Waals surface area contributed by atoms with Gasteiger partial charge in [0.15, 0.2) is 5.60 Å². The summed E-state index contributed by atoms with van der Waals surface area (Å²) in [5.74, 6) is -0.783. The van der Waals surface area contributed by atoms with E-state index < -0.39 is 17.4 Å². The number of rotatable bonds is 10. The minimum atomic E-state index is -1.34. The Kier molecular flexibility index (Phi) is 10.1. The number of carboxylic acid groups (broad SMARTS) is 1. The van der Waals surface area contributed by atoms with Crippen LogP contribution >= 0.6 is 0 Å². The van der Waals surface area contributed by atoms with E-state index in [2.05, 4.69) is 36.7 Å². The van der Waals surface area contributed by atoms with Crippen molar-refractivity contribution in [3.63, 3.8) is 0 Å². The van der Waals surface area contributed by atoms with E-state index in [1.54, 1.807) is 18.2 Å². The maximum absolute atomic E-state index is 13.3. The number of aromatic nitrogens is 1. The maximum Gasteiger partial charge on any atom is 1.00 e. The monoisotopic (exact) mass is 550 g/mol. The van der Waals surface area contributed by atoms with Crippen LogP contribution in [0.15, 0.2) is 60.7 Å². The van der Waals surface area contributed by atoms with Crippen LogP contribution in [0, 0.1) is 24.7 Å². The third-order valence-electron chi connectivity index (χ3n) is 7.08. The second-order valence-electron chi connectivity index (χ2n) is 11.2. The van der Waals surface area contributed by atoms with Crippen LogP contribution in [0.4, 0.5) is 4.39 Å². The number of ether oxygens (including phenoxy) is 1. The van der Waals surface area contributed by atoms with Crippen molar-refractivity contribution >= 4 is 22.8 Å². The zero-order chi connectivity index (χ0) is 29.2. The van der Waals surface area contributed by atoms with E-state index in [9.17, 15) is 19.1 Å². The third kappa shape index (κ3) is 7.41. The third-order valence-corrected chi connectivity index (χ3v) is 7.08. The molecule has 0 aliphatic rings. The Morgan fingerprint density at radius 1 is 1.10 bits per heavy atom. The van der Waals surface area contributed by atoms with Crippen molar-refractivity contribution < 1.29 is 42.7 Å². The minimum Gasteiger partial charge on any atom is -0.478 e. The van der Waals surface area contributed by atoms with E-state index in [4.69, 9.17) is 4.74 Å². The van der Waals surface area contributed by atoms with Gasteiger partial charge in [0.2, 0.25) is 0 Å². The van der Waals surface area contributed by atoms with Gasteiger partial charge in [-0.1, -0.05) is 39.0 Å². The van der Waals surface area contributed by atoms with E-state index in [1.807, 2.05) is 43.3 Å². The summed E-state index contributed by atoms with van der Waals surface area (Å²) in [5, 5.41) is 13.5. The summed E-state index contributed by atoms with van der Waals surface area (Å²) in [6, 6.07) is 20.0. The van der Waals surface area contributed by atoms with Crippen molar-refractivity contribution in [2.24, 2.45) is 5.92 Å². The fraction of sp³-hybridized carbons (Fsp3) is 0.333. The smallest absolute Gasteiger partial charge is 0.478 e. The van der Waals surface area contributed by atoms with Crippen LogP contribution in [0.5, 0.6) is 5.75 Å². The molecule has 0 radical (unpaired) electrons. The predicted molar refractivity (Wildman–Crippen MR) is 154 cm³/mol. The van der Waals surface area contributed by atoms with Gasteiger partial charge in [-0.25, -0.2) is 9.18 Å². The van der Waals surface area contributed by atoms with Crippen molar-refractivity contribution in [2.45, 2.75) is 66.2 Å². The number of aliphatic carboxylic acids is 1. The van der Waals surface area contributed by atoms with E-state index in [-0.39, 0.29) is 30.8 Å². The van der Waals surface area contributed by atoms with Crippen LogP contribution in [-0.2, 0) is 17.8 Å². The van der Waals surface area contributed by atoms with Crippen molar-refractivity contribution in [1.29, 1.82) is 0 Å². The number of carboxylic acids is 1. The topological polar surface area (TPSA) is 80.6 Å². The molecule has 0 unspecified atom stereocenters. The van der Waals surface area contributed by atoms with Crippen LogP contribution in [0.2, 0.25) is 0 Å². The summed E-state index contributed by atoms with van der Waals surface area (Å²) in [5.41, 5.74) is 4.22. The second kappa shape index (κ2) is 13.0. The first-order valence-corrected chi connectivity index (χ1v) is 13.5. The summed E-state index contributed by atoms with van der Waals surface area (Å²) < 4.78 is 21.3. The van der Waals surface area contributed by atoms with Gasteiger partial charge in [0.25, 0.3) is 5.91 Å². The molecular formula is C33H36FLiN2O4. The zero-order valence-electron chi connectivity index (χ0n) is 24.8. The maximum atomic E-state index is 13.3. The number of hydrogen-bond acceptors (Lipinski definition) is 3. The Balaban J connectivity index is 0.00000462. The molecule has 41 heavy (non-hydrogen) atoms. The van der Waals surface area contributed by atoms with Crippen molar-refractivity contribution in [3.05, 3.63) is 100 Å². The fourth-order valence-corrected chi connectivity index (χ4v) is 4.83. The molecule has 3 aromatic carbocycles. The normalized spacial score (nSPS) is 12.2. The number of nitrogens with zero attached hydrogens (tertiary/aromatic N) is 1. The zero-order valence-corrected chi connectivity index (χ0v) is 24.8. The van der Waals surface area contributed by atoms with Crippen LogP contribution in [-0.4, -0.2) is 27.2 Å². The first kappa shape index (κ1) is 32.0. The van der Waals surface area contributed by atoms with E-state index >= 15 is 0 Å². The van der Waals surface area contributed by atoms with Gasteiger partial charge in [-0.3, -0.25) is 4.79 Å². The number of amides is 1. The van der Waals surface area contributed by atoms with Crippen LogP contribution in [0.3, 0.4) is 0 Å². The number of nitrogens with one attached hydrogen (secondary N) is 1. The number of fused-ring (bicyclic) bond motifs is 1. The molecule has 4 aromatic rings. The molecule has 0 bridgehead atoms. The summed E-state index contributed by atoms with van der Waals surface area (Å²) in [7, 11) is 0. The molecule has 0 saturated carbocycles. The molecule has 210 valence electrons. The molecule has 1 aromatic heterocycles. The van der Waals surface area contributed by atoms with Crippen LogP contribution < -0.4 is 28.9 Å². The minimum absolute atomic E-state index is 0. The first-order chi connectivity index (χ1) is 18.9. The van der Waals surface area contributed by atoms with Crippen LogP contribution in [0.1, 0.15) is 73.4 Å². The molecule has 6 nitrogen and oxygen atoms in total. The number of carbonyl (C=O) groups is 2. The summed E-state index contributed by atoms with van der Waals surface area (Å²) in [4.78, 5) is 24.7. The van der Waals surface area contributed by atoms with Gasteiger partial charge < -0.3 is 19.7 Å². The summed E-state index contributed by atoms with van der Waals surface area (Å²) in [6.45, 7) is 12.1.